The summed E-state index contributed by atoms with van der Waals surface area (Å²) in [5, 5.41) is 3.04. The molecule has 0 radical (unpaired) electrons. The minimum absolute atomic E-state index is 0.0399. The van der Waals surface area contributed by atoms with Crippen molar-refractivity contribution in [3.8, 4) is 0 Å². The van der Waals surface area contributed by atoms with E-state index in [0.717, 1.165) is 23.5 Å². The molecule has 126 valence electrons. The number of hydrogen-bond acceptors (Lipinski definition) is 6. The van der Waals surface area contributed by atoms with Gasteiger partial charge in [0, 0.05) is 13.2 Å². The zero-order chi connectivity index (χ0) is 17.3. The molecule has 2 aromatic rings. The largest absolute Gasteiger partial charge is 0.375 e. The second-order valence-electron chi connectivity index (χ2n) is 5.15. The fourth-order valence-corrected chi connectivity index (χ4v) is 3.23. The second-order valence-corrected chi connectivity index (χ2v) is 6.15. The lowest BCUT2D eigenvalue weighted by Crippen LogP contribution is -2.40. The van der Waals surface area contributed by atoms with Crippen LogP contribution in [-0.2, 0) is 16.1 Å². The lowest BCUT2D eigenvalue weighted by atomic mass is 10.1. The van der Waals surface area contributed by atoms with E-state index in [1.54, 1.807) is 0 Å². The van der Waals surface area contributed by atoms with Gasteiger partial charge in [-0.25, -0.2) is 13.8 Å². The van der Waals surface area contributed by atoms with Crippen LogP contribution < -0.4 is 5.32 Å². The van der Waals surface area contributed by atoms with Crippen LogP contribution in [-0.4, -0.2) is 41.8 Å². The van der Waals surface area contributed by atoms with Crippen LogP contribution in [0, 0.1) is 11.6 Å². The summed E-state index contributed by atoms with van der Waals surface area (Å²) in [4.78, 5) is 30.1. The number of fused-ring (bicyclic) bond motifs is 1. The SMILES string of the molecule is COCC(=O)N1CC(=O)c2sc(Nc3ccc(F)cc3F)nc2C1. The number of Topliss-reactive ketones (excluding diaryl/α,β-unsaturated/α-hetero) is 1. The Balaban J connectivity index is 1.81. The first-order chi connectivity index (χ1) is 11.5. The molecule has 1 N–H and O–H groups in total. The lowest BCUT2D eigenvalue weighted by molar-refractivity contribution is -0.135. The summed E-state index contributed by atoms with van der Waals surface area (Å²) in [5.74, 6) is -1.97. The van der Waals surface area contributed by atoms with Crippen molar-refractivity contribution in [3.05, 3.63) is 40.4 Å². The molecular formula is C15H13F2N3O3S. The van der Waals surface area contributed by atoms with Gasteiger partial charge in [-0.3, -0.25) is 9.59 Å². The van der Waals surface area contributed by atoms with E-state index < -0.39 is 11.6 Å². The van der Waals surface area contributed by atoms with Gasteiger partial charge < -0.3 is 15.0 Å². The molecule has 9 heteroatoms. The van der Waals surface area contributed by atoms with Crippen LogP contribution in [0.25, 0.3) is 0 Å². The number of carbonyl (C=O) groups is 2. The Kier molecular flexibility index (Phi) is 4.54. The van der Waals surface area contributed by atoms with Crippen molar-refractivity contribution in [1.29, 1.82) is 0 Å². The summed E-state index contributed by atoms with van der Waals surface area (Å²) in [6.07, 6.45) is 0. The van der Waals surface area contributed by atoms with E-state index in [0.29, 0.717) is 15.7 Å². The summed E-state index contributed by atoms with van der Waals surface area (Å²) in [6, 6.07) is 3.13. The summed E-state index contributed by atoms with van der Waals surface area (Å²) >= 11 is 1.08. The van der Waals surface area contributed by atoms with Crippen LogP contribution in [0.4, 0.5) is 19.6 Å². The van der Waals surface area contributed by atoms with Crippen molar-refractivity contribution in [2.45, 2.75) is 6.54 Å². The highest BCUT2D eigenvalue weighted by molar-refractivity contribution is 7.17. The summed E-state index contributed by atoms with van der Waals surface area (Å²) in [7, 11) is 1.40. The number of benzene rings is 1. The van der Waals surface area contributed by atoms with E-state index in [4.69, 9.17) is 4.74 Å². The molecule has 3 rings (SSSR count). The molecule has 24 heavy (non-hydrogen) atoms. The van der Waals surface area contributed by atoms with Gasteiger partial charge in [0.2, 0.25) is 5.91 Å². The molecule has 0 bridgehead atoms. The van der Waals surface area contributed by atoms with E-state index in [-0.39, 0.29) is 37.1 Å². The molecule has 0 fully saturated rings. The molecule has 1 amide bonds. The molecule has 1 aliphatic rings. The molecule has 0 saturated heterocycles. The Morgan fingerprint density at radius 1 is 1.42 bits per heavy atom. The smallest absolute Gasteiger partial charge is 0.249 e. The standard InChI is InChI=1S/C15H13F2N3O3S/c1-23-7-13(22)20-5-11-14(12(21)6-20)24-15(19-11)18-10-3-2-8(16)4-9(10)17/h2-4H,5-7H2,1H3,(H,18,19). The third kappa shape index (κ3) is 3.26. The van der Waals surface area contributed by atoms with Gasteiger partial charge in [-0.1, -0.05) is 11.3 Å². The number of rotatable bonds is 4. The zero-order valence-electron chi connectivity index (χ0n) is 12.6. The number of halogens is 2. The van der Waals surface area contributed by atoms with E-state index >= 15 is 0 Å². The number of nitrogens with one attached hydrogen (secondary N) is 1. The molecule has 0 spiro atoms. The van der Waals surface area contributed by atoms with Crippen molar-refractivity contribution in [2.75, 3.05) is 25.6 Å². The van der Waals surface area contributed by atoms with Crippen LogP contribution in [0.5, 0.6) is 0 Å². The van der Waals surface area contributed by atoms with Gasteiger partial charge in [-0.05, 0) is 12.1 Å². The number of ether oxygens (including phenoxy) is 1. The van der Waals surface area contributed by atoms with Crippen LogP contribution in [0.2, 0.25) is 0 Å². The van der Waals surface area contributed by atoms with E-state index in [1.807, 2.05) is 0 Å². The average Bonchev–Trinajstić information content (AvgIpc) is 2.93. The molecule has 0 atom stereocenters. The maximum Gasteiger partial charge on any atom is 0.249 e. The number of carbonyl (C=O) groups excluding carboxylic acids is 2. The Bertz CT molecular complexity index is 809. The molecule has 1 aliphatic heterocycles. The topological polar surface area (TPSA) is 71.5 Å². The minimum atomic E-state index is -0.758. The molecule has 1 aromatic heterocycles. The van der Waals surface area contributed by atoms with Crippen molar-refractivity contribution < 1.29 is 23.1 Å². The molecular weight excluding hydrogens is 340 g/mol. The highest BCUT2D eigenvalue weighted by Crippen LogP contribution is 2.31. The normalized spacial score (nSPS) is 13.8. The average molecular weight is 353 g/mol. The number of amides is 1. The van der Waals surface area contributed by atoms with Gasteiger partial charge in [0.15, 0.2) is 10.9 Å². The van der Waals surface area contributed by atoms with Crippen molar-refractivity contribution in [1.82, 2.24) is 9.88 Å². The third-order valence-corrected chi connectivity index (χ3v) is 4.47. The van der Waals surface area contributed by atoms with E-state index in [2.05, 4.69) is 10.3 Å². The van der Waals surface area contributed by atoms with Gasteiger partial charge in [0.1, 0.15) is 18.2 Å². The monoisotopic (exact) mass is 353 g/mol. The molecule has 0 unspecified atom stereocenters. The minimum Gasteiger partial charge on any atom is -0.375 e. The molecule has 2 heterocycles. The van der Waals surface area contributed by atoms with Gasteiger partial charge in [0.05, 0.1) is 29.3 Å². The van der Waals surface area contributed by atoms with Crippen LogP contribution in [0.15, 0.2) is 18.2 Å². The zero-order valence-corrected chi connectivity index (χ0v) is 13.5. The first-order valence-electron chi connectivity index (χ1n) is 6.99. The fourth-order valence-electron chi connectivity index (χ4n) is 2.31. The van der Waals surface area contributed by atoms with E-state index in [9.17, 15) is 18.4 Å². The number of nitrogens with zero attached hydrogens (tertiary/aromatic N) is 2. The van der Waals surface area contributed by atoms with Crippen LogP contribution >= 0.6 is 11.3 Å². The first-order valence-corrected chi connectivity index (χ1v) is 7.81. The van der Waals surface area contributed by atoms with Gasteiger partial charge >= 0.3 is 0 Å². The molecule has 6 nitrogen and oxygen atoms in total. The summed E-state index contributed by atoms with van der Waals surface area (Å²) < 4.78 is 31.4. The predicted molar refractivity (Wildman–Crippen MR) is 83.4 cm³/mol. The van der Waals surface area contributed by atoms with Gasteiger partial charge in [0.25, 0.3) is 0 Å². The van der Waals surface area contributed by atoms with E-state index in [1.165, 1.54) is 18.1 Å². The van der Waals surface area contributed by atoms with Gasteiger partial charge in [-0.2, -0.15) is 0 Å². The molecule has 1 aromatic carbocycles. The van der Waals surface area contributed by atoms with Gasteiger partial charge in [-0.15, -0.1) is 0 Å². The maximum atomic E-state index is 13.7. The lowest BCUT2D eigenvalue weighted by Gasteiger charge is -2.24. The highest BCUT2D eigenvalue weighted by Gasteiger charge is 2.30. The third-order valence-electron chi connectivity index (χ3n) is 3.42. The van der Waals surface area contributed by atoms with Crippen molar-refractivity contribution in [2.24, 2.45) is 0 Å². The molecule has 0 aliphatic carbocycles. The summed E-state index contributed by atoms with van der Waals surface area (Å²) in [5.41, 5.74) is 0.507. The number of methoxy groups -OCH3 is 1. The molecule has 0 saturated carbocycles. The quantitative estimate of drug-likeness (QED) is 0.913. The Morgan fingerprint density at radius 2 is 2.21 bits per heavy atom. The maximum absolute atomic E-state index is 13.7. The highest BCUT2D eigenvalue weighted by atomic mass is 32.1. The number of thiazole rings is 1. The number of aromatic nitrogens is 1. The van der Waals surface area contributed by atoms with Crippen molar-refractivity contribution >= 4 is 33.8 Å². The fraction of sp³-hybridized carbons (Fsp3) is 0.267. The Hall–Kier alpha value is -2.39. The number of hydrogen-bond donors (Lipinski definition) is 1. The predicted octanol–water partition coefficient (Wildman–Crippen LogP) is 2.34. The van der Waals surface area contributed by atoms with Crippen molar-refractivity contribution in [3.63, 3.8) is 0 Å². The number of ketones is 1. The number of anilines is 2. The summed E-state index contributed by atoms with van der Waals surface area (Å²) in [6.45, 7) is 0.0354. The Morgan fingerprint density at radius 3 is 2.92 bits per heavy atom. The first kappa shape index (κ1) is 16.5. The second kappa shape index (κ2) is 6.62. The van der Waals surface area contributed by atoms with Crippen LogP contribution in [0.3, 0.4) is 0 Å². The Labute approximate surface area is 140 Å². The van der Waals surface area contributed by atoms with Crippen LogP contribution in [0.1, 0.15) is 15.4 Å².